The van der Waals surface area contributed by atoms with E-state index < -0.39 is 0 Å². The maximum Gasteiger partial charge on any atom is 0.251 e. The van der Waals surface area contributed by atoms with Gasteiger partial charge in [-0.05, 0) is 67.3 Å². The molecule has 2 aromatic carbocycles. The SMILES string of the molecule is COc1cc(C)c(-c2ccc(C(=O)N[C@H](C)c3cnn(C)c3)cc2)cc1C. The first-order valence-electron chi connectivity index (χ1n) is 8.94. The van der Waals surface area contributed by atoms with Gasteiger partial charge in [0.1, 0.15) is 5.75 Å². The molecule has 1 amide bonds. The number of carbonyl (C=O) groups excluding carboxylic acids is 1. The Balaban J connectivity index is 1.77. The topological polar surface area (TPSA) is 56.1 Å². The minimum atomic E-state index is -0.0997. The van der Waals surface area contributed by atoms with Gasteiger partial charge in [0.15, 0.2) is 0 Å². The minimum Gasteiger partial charge on any atom is -0.496 e. The molecule has 1 heterocycles. The number of amides is 1. The molecule has 1 aromatic heterocycles. The molecule has 27 heavy (non-hydrogen) atoms. The molecule has 0 unspecified atom stereocenters. The van der Waals surface area contributed by atoms with Crippen LogP contribution in [-0.2, 0) is 7.05 Å². The molecule has 5 heteroatoms. The second-order valence-electron chi connectivity index (χ2n) is 6.86. The summed E-state index contributed by atoms with van der Waals surface area (Å²) in [6.45, 7) is 6.05. The van der Waals surface area contributed by atoms with E-state index in [1.54, 1.807) is 18.0 Å². The second kappa shape index (κ2) is 7.66. The summed E-state index contributed by atoms with van der Waals surface area (Å²) in [7, 11) is 3.54. The fourth-order valence-corrected chi connectivity index (χ4v) is 3.15. The van der Waals surface area contributed by atoms with E-state index in [1.165, 1.54) is 0 Å². The van der Waals surface area contributed by atoms with Gasteiger partial charge in [0, 0.05) is 24.4 Å². The molecule has 1 atom stereocenters. The summed E-state index contributed by atoms with van der Waals surface area (Å²) in [4.78, 5) is 12.5. The summed E-state index contributed by atoms with van der Waals surface area (Å²) < 4.78 is 7.11. The van der Waals surface area contributed by atoms with Crippen LogP contribution in [0.15, 0.2) is 48.8 Å². The van der Waals surface area contributed by atoms with Gasteiger partial charge < -0.3 is 10.1 Å². The number of carbonyl (C=O) groups is 1. The van der Waals surface area contributed by atoms with E-state index in [0.717, 1.165) is 33.6 Å². The fraction of sp³-hybridized carbons (Fsp3) is 0.273. The third-order valence-corrected chi connectivity index (χ3v) is 4.77. The monoisotopic (exact) mass is 363 g/mol. The standard InChI is InChI=1S/C22H25N3O2/c1-14-11-21(27-5)15(2)10-20(14)17-6-8-18(9-7-17)22(26)24-16(3)19-12-23-25(4)13-19/h6-13,16H,1-5H3,(H,24,26)/t16-/m1/s1. The zero-order valence-corrected chi connectivity index (χ0v) is 16.4. The first kappa shape index (κ1) is 18.7. The van der Waals surface area contributed by atoms with Gasteiger partial charge in [0.2, 0.25) is 0 Å². The van der Waals surface area contributed by atoms with Gasteiger partial charge in [0.25, 0.3) is 5.91 Å². The highest BCUT2D eigenvalue weighted by Crippen LogP contribution is 2.30. The zero-order valence-electron chi connectivity index (χ0n) is 16.4. The van der Waals surface area contributed by atoms with Gasteiger partial charge in [-0.15, -0.1) is 0 Å². The molecule has 0 bridgehead atoms. The maximum atomic E-state index is 12.5. The van der Waals surface area contributed by atoms with E-state index in [1.807, 2.05) is 57.4 Å². The number of ether oxygens (including phenoxy) is 1. The molecule has 140 valence electrons. The van der Waals surface area contributed by atoms with E-state index in [0.29, 0.717) is 5.56 Å². The highest BCUT2D eigenvalue weighted by Gasteiger charge is 2.13. The number of benzene rings is 2. The normalized spacial score (nSPS) is 11.9. The average molecular weight is 363 g/mol. The van der Waals surface area contributed by atoms with Crippen LogP contribution in [0.3, 0.4) is 0 Å². The lowest BCUT2D eigenvalue weighted by Crippen LogP contribution is -2.26. The predicted octanol–water partition coefficient (Wildman–Crippen LogP) is 4.20. The number of hydrogen-bond donors (Lipinski definition) is 1. The molecule has 5 nitrogen and oxygen atoms in total. The molecule has 0 radical (unpaired) electrons. The molecule has 0 aliphatic heterocycles. The van der Waals surface area contributed by atoms with Crippen LogP contribution in [0.1, 0.15) is 40.0 Å². The number of rotatable bonds is 5. The Morgan fingerprint density at radius 1 is 1.15 bits per heavy atom. The molecule has 0 fully saturated rings. The van der Waals surface area contributed by atoms with Gasteiger partial charge in [-0.1, -0.05) is 12.1 Å². The van der Waals surface area contributed by atoms with Crippen molar-refractivity contribution in [1.29, 1.82) is 0 Å². The van der Waals surface area contributed by atoms with E-state index in [4.69, 9.17) is 4.74 Å². The number of aryl methyl sites for hydroxylation is 3. The maximum absolute atomic E-state index is 12.5. The first-order chi connectivity index (χ1) is 12.9. The van der Waals surface area contributed by atoms with E-state index >= 15 is 0 Å². The van der Waals surface area contributed by atoms with Gasteiger partial charge in [-0.25, -0.2) is 0 Å². The Kier molecular flexibility index (Phi) is 5.31. The summed E-state index contributed by atoms with van der Waals surface area (Å²) in [5.41, 5.74) is 6.06. The van der Waals surface area contributed by atoms with Crippen molar-refractivity contribution in [3.63, 3.8) is 0 Å². The summed E-state index contributed by atoms with van der Waals surface area (Å²) in [6, 6.07) is 11.8. The second-order valence-corrected chi connectivity index (χ2v) is 6.86. The molecule has 0 spiro atoms. The number of aromatic nitrogens is 2. The quantitative estimate of drug-likeness (QED) is 0.739. The molecule has 3 rings (SSSR count). The van der Waals surface area contributed by atoms with Gasteiger partial charge >= 0.3 is 0 Å². The van der Waals surface area contributed by atoms with Gasteiger partial charge in [-0.2, -0.15) is 5.10 Å². The minimum absolute atomic E-state index is 0.0967. The number of hydrogen-bond acceptors (Lipinski definition) is 3. The molecule has 3 aromatic rings. The smallest absolute Gasteiger partial charge is 0.251 e. The largest absolute Gasteiger partial charge is 0.496 e. The highest BCUT2D eigenvalue weighted by atomic mass is 16.5. The zero-order chi connectivity index (χ0) is 19.6. The molecular formula is C22H25N3O2. The summed E-state index contributed by atoms with van der Waals surface area (Å²) in [5, 5.41) is 7.16. The molecule has 0 saturated carbocycles. The van der Waals surface area contributed by atoms with Crippen LogP contribution in [0.5, 0.6) is 5.75 Å². The first-order valence-corrected chi connectivity index (χ1v) is 8.94. The van der Waals surface area contributed by atoms with Crippen LogP contribution in [0.25, 0.3) is 11.1 Å². The van der Waals surface area contributed by atoms with Crippen molar-refractivity contribution in [2.75, 3.05) is 7.11 Å². The summed E-state index contributed by atoms with van der Waals surface area (Å²) in [6.07, 6.45) is 3.67. The lowest BCUT2D eigenvalue weighted by atomic mass is 9.97. The van der Waals surface area contributed by atoms with E-state index in [9.17, 15) is 4.79 Å². The highest BCUT2D eigenvalue weighted by molar-refractivity contribution is 5.95. The lowest BCUT2D eigenvalue weighted by Gasteiger charge is -2.14. The Bertz CT molecular complexity index is 958. The summed E-state index contributed by atoms with van der Waals surface area (Å²) >= 11 is 0. The van der Waals surface area contributed by atoms with Crippen molar-refractivity contribution in [2.45, 2.75) is 26.8 Å². The molecule has 0 aliphatic carbocycles. The molecule has 0 aliphatic rings. The van der Waals surface area contributed by atoms with Crippen LogP contribution in [0.4, 0.5) is 0 Å². The van der Waals surface area contributed by atoms with Crippen molar-refractivity contribution >= 4 is 5.91 Å². The Morgan fingerprint density at radius 2 is 1.85 bits per heavy atom. The average Bonchev–Trinajstić information content (AvgIpc) is 3.10. The van der Waals surface area contributed by atoms with Gasteiger partial charge in [-0.3, -0.25) is 9.48 Å². The fourth-order valence-electron chi connectivity index (χ4n) is 3.15. The molecular weight excluding hydrogens is 338 g/mol. The van der Waals surface area contributed by atoms with Crippen molar-refractivity contribution in [1.82, 2.24) is 15.1 Å². The van der Waals surface area contributed by atoms with Crippen LogP contribution in [-0.4, -0.2) is 22.8 Å². The molecule has 1 N–H and O–H groups in total. The molecule has 0 saturated heterocycles. The van der Waals surface area contributed by atoms with Crippen molar-refractivity contribution in [2.24, 2.45) is 7.05 Å². The van der Waals surface area contributed by atoms with Crippen LogP contribution in [0, 0.1) is 13.8 Å². The van der Waals surface area contributed by atoms with Crippen LogP contribution < -0.4 is 10.1 Å². The lowest BCUT2D eigenvalue weighted by molar-refractivity contribution is 0.0940. The third kappa shape index (κ3) is 4.03. The van der Waals surface area contributed by atoms with E-state index in [2.05, 4.69) is 23.4 Å². The van der Waals surface area contributed by atoms with Crippen molar-refractivity contribution < 1.29 is 9.53 Å². The predicted molar refractivity (Wildman–Crippen MR) is 107 cm³/mol. The van der Waals surface area contributed by atoms with Gasteiger partial charge in [0.05, 0.1) is 19.3 Å². The summed E-state index contributed by atoms with van der Waals surface area (Å²) in [5.74, 6) is 0.789. The Morgan fingerprint density at radius 3 is 2.44 bits per heavy atom. The number of methoxy groups -OCH3 is 1. The van der Waals surface area contributed by atoms with Crippen molar-refractivity contribution in [3.8, 4) is 16.9 Å². The third-order valence-electron chi connectivity index (χ3n) is 4.77. The Hall–Kier alpha value is -3.08. The van der Waals surface area contributed by atoms with Crippen molar-refractivity contribution in [3.05, 3.63) is 71.0 Å². The number of nitrogens with zero attached hydrogens (tertiary/aromatic N) is 2. The number of nitrogens with one attached hydrogen (secondary N) is 1. The van der Waals surface area contributed by atoms with E-state index in [-0.39, 0.29) is 11.9 Å². The van der Waals surface area contributed by atoms with Crippen LogP contribution >= 0.6 is 0 Å². The van der Waals surface area contributed by atoms with Crippen LogP contribution in [0.2, 0.25) is 0 Å². The Labute approximate surface area is 160 Å².